The third kappa shape index (κ3) is 4.77. The van der Waals surface area contributed by atoms with Crippen LogP contribution < -0.4 is 11.3 Å². The van der Waals surface area contributed by atoms with Gasteiger partial charge in [-0.2, -0.15) is 0 Å². The van der Waals surface area contributed by atoms with Crippen LogP contribution in [0.15, 0.2) is 41.3 Å². The Hall–Kier alpha value is -0.460. The molecular formula is C15H14FI2N3OS. The predicted molar refractivity (Wildman–Crippen MR) is 109 cm³/mol. The molecule has 0 aliphatic heterocycles. The molecule has 0 fully saturated rings. The highest BCUT2D eigenvalue weighted by atomic mass is 127. The number of carbonyl (C=O) groups is 1. The molecule has 0 aliphatic rings. The fraction of sp³-hybridized carbons (Fsp3) is 0.200. The highest BCUT2D eigenvalue weighted by molar-refractivity contribution is 14.2. The molecule has 0 aliphatic carbocycles. The molecule has 2 aromatic rings. The van der Waals surface area contributed by atoms with E-state index in [1.54, 1.807) is 69.4 Å². The van der Waals surface area contributed by atoms with Gasteiger partial charge in [-0.15, -0.1) is 11.8 Å². The maximum atomic E-state index is 13.9. The van der Waals surface area contributed by atoms with E-state index in [4.69, 9.17) is 5.84 Å². The zero-order chi connectivity index (χ0) is 17.0. The van der Waals surface area contributed by atoms with Crippen molar-refractivity contribution in [1.29, 1.82) is 0 Å². The number of nitrogens with one attached hydrogen (secondary N) is 1. The number of benzene rings is 1. The standard InChI is InChI=1S/C15H14FI2N3OS/c1-2-23-12-8-7-11(20-13(12)14(22)21-19)9-3-5-10(6-4-9)15(16,17)18/h3-8H,2,19H2,1H3,(H,21,22). The SMILES string of the molecule is CCSc1ccc(-c2ccc(C(F)(I)I)cc2)nc1C(=O)NN. The maximum Gasteiger partial charge on any atom is 0.284 e. The molecule has 3 N–H and O–H groups in total. The molecule has 0 unspecified atom stereocenters. The monoisotopic (exact) mass is 557 g/mol. The van der Waals surface area contributed by atoms with Crippen LogP contribution in [0.2, 0.25) is 0 Å². The lowest BCUT2D eigenvalue weighted by molar-refractivity contribution is 0.0945. The second-order valence-electron chi connectivity index (χ2n) is 4.52. The Kier molecular flexibility index (Phi) is 6.63. The van der Waals surface area contributed by atoms with Crippen molar-refractivity contribution in [3.63, 3.8) is 0 Å². The molecule has 1 amide bonds. The average Bonchev–Trinajstić information content (AvgIpc) is 2.54. The van der Waals surface area contributed by atoms with Crippen LogP contribution in [0, 0.1) is 0 Å². The molecule has 0 spiro atoms. The normalized spacial score (nSPS) is 11.3. The minimum Gasteiger partial charge on any atom is -0.289 e. The van der Waals surface area contributed by atoms with E-state index in [2.05, 4.69) is 10.4 Å². The van der Waals surface area contributed by atoms with E-state index >= 15 is 0 Å². The number of rotatable bonds is 5. The number of hydrazine groups is 1. The fourth-order valence-corrected chi connectivity index (χ4v) is 3.41. The number of aromatic nitrogens is 1. The van der Waals surface area contributed by atoms with E-state index in [1.165, 1.54) is 11.8 Å². The number of carbonyl (C=O) groups excluding carboxylic acids is 1. The molecule has 0 saturated heterocycles. The summed E-state index contributed by atoms with van der Waals surface area (Å²) in [6.07, 6.45) is 0. The van der Waals surface area contributed by atoms with Crippen molar-refractivity contribution in [3.05, 3.63) is 47.7 Å². The molecule has 1 heterocycles. The van der Waals surface area contributed by atoms with Crippen molar-refractivity contribution in [2.75, 3.05) is 5.75 Å². The summed E-state index contributed by atoms with van der Waals surface area (Å²) in [4.78, 5) is 17.1. The van der Waals surface area contributed by atoms with E-state index in [1.807, 2.05) is 19.1 Å². The second kappa shape index (κ2) is 8.08. The van der Waals surface area contributed by atoms with Gasteiger partial charge in [0, 0.05) is 16.0 Å². The molecule has 1 aromatic carbocycles. The van der Waals surface area contributed by atoms with E-state index in [0.717, 1.165) is 16.2 Å². The van der Waals surface area contributed by atoms with Crippen LogP contribution in [0.25, 0.3) is 11.3 Å². The number of nitrogens with zero attached hydrogens (tertiary/aromatic N) is 1. The highest BCUT2D eigenvalue weighted by Crippen LogP contribution is 2.41. The van der Waals surface area contributed by atoms with Crippen molar-refractivity contribution in [2.45, 2.75) is 13.5 Å². The average molecular weight is 557 g/mol. The first-order valence-electron chi connectivity index (χ1n) is 6.69. The summed E-state index contributed by atoms with van der Waals surface area (Å²) in [5.74, 6) is 5.63. The predicted octanol–water partition coefficient (Wildman–Crippen LogP) is 4.41. The Morgan fingerprint density at radius 2 is 1.96 bits per heavy atom. The summed E-state index contributed by atoms with van der Waals surface area (Å²) >= 11 is 5.00. The van der Waals surface area contributed by atoms with Gasteiger partial charge in [-0.25, -0.2) is 15.2 Å². The summed E-state index contributed by atoms with van der Waals surface area (Å²) in [5, 5.41) is 0. The van der Waals surface area contributed by atoms with Crippen molar-refractivity contribution in [1.82, 2.24) is 10.4 Å². The number of hydrogen-bond donors (Lipinski definition) is 2. The van der Waals surface area contributed by atoms with Crippen molar-refractivity contribution in [3.8, 4) is 11.3 Å². The first-order chi connectivity index (χ1) is 10.9. The van der Waals surface area contributed by atoms with Crippen LogP contribution in [0.4, 0.5) is 4.39 Å². The van der Waals surface area contributed by atoms with E-state index in [-0.39, 0.29) is 0 Å². The Labute approximate surface area is 165 Å². The van der Waals surface area contributed by atoms with Gasteiger partial charge >= 0.3 is 0 Å². The van der Waals surface area contributed by atoms with Gasteiger partial charge in [-0.05, 0) is 63.1 Å². The number of alkyl halides is 3. The largest absolute Gasteiger partial charge is 0.289 e. The summed E-state index contributed by atoms with van der Waals surface area (Å²) in [6.45, 7) is 2.00. The number of halogens is 3. The number of hydrogen-bond acceptors (Lipinski definition) is 4. The smallest absolute Gasteiger partial charge is 0.284 e. The fourth-order valence-electron chi connectivity index (χ4n) is 1.94. The zero-order valence-electron chi connectivity index (χ0n) is 12.1. The Morgan fingerprint density at radius 3 is 2.48 bits per heavy atom. The highest BCUT2D eigenvalue weighted by Gasteiger charge is 2.23. The molecule has 1 aromatic heterocycles. The summed E-state index contributed by atoms with van der Waals surface area (Å²) in [5.41, 5.74) is 4.44. The van der Waals surface area contributed by atoms with E-state index in [9.17, 15) is 9.18 Å². The topological polar surface area (TPSA) is 68.0 Å². The number of pyridine rings is 1. The summed E-state index contributed by atoms with van der Waals surface area (Å²) < 4.78 is 12.4. The number of nitrogen functional groups attached to an aromatic ring is 1. The van der Waals surface area contributed by atoms with Crippen molar-refractivity contribution >= 4 is 62.9 Å². The third-order valence-electron chi connectivity index (χ3n) is 3.01. The molecule has 8 heteroatoms. The number of nitrogens with two attached hydrogens (primary N) is 1. The molecule has 0 radical (unpaired) electrons. The lowest BCUT2D eigenvalue weighted by Gasteiger charge is -2.12. The van der Waals surface area contributed by atoms with Crippen LogP contribution in [-0.2, 0) is 1.68 Å². The summed E-state index contributed by atoms with van der Waals surface area (Å²) in [6, 6.07) is 10.7. The van der Waals surface area contributed by atoms with Gasteiger partial charge in [0.05, 0.1) is 5.69 Å². The quantitative estimate of drug-likeness (QED) is 0.143. The number of amides is 1. The van der Waals surface area contributed by atoms with E-state index in [0.29, 0.717) is 17.0 Å². The van der Waals surface area contributed by atoms with Crippen molar-refractivity contribution in [2.24, 2.45) is 5.84 Å². The molecular weight excluding hydrogens is 543 g/mol. The second-order valence-corrected chi connectivity index (χ2v) is 10.9. The van der Waals surface area contributed by atoms with Gasteiger partial charge < -0.3 is 0 Å². The molecule has 0 atom stereocenters. The lowest BCUT2D eigenvalue weighted by atomic mass is 10.1. The minimum absolute atomic E-state index is 0.295. The number of thioether (sulfide) groups is 1. The Bertz CT molecular complexity index is 705. The molecule has 4 nitrogen and oxygen atoms in total. The van der Waals surface area contributed by atoms with Gasteiger partial charge in [-0.3, -0.25) is 10.2 Å². The Morgan fingerprint density at radius 1 is 1.30 bits per heavy atom. The minimum atomic E-state index is -1.45. The van der Waals surface area contributed by atoms with E-state index < -0.39 is 7.59 Å². The zero-order valence-corrected chi connectivity index (χ0v) is 17.3. The van der Waals surface area contributed by atoms with Crippen LogP contribution >= 0.6 is 56.9 Å². The van der Waals surface area contributed by atoms with Gasteiger partial charge in [0.2, 0.25) is 1.68 Å². The first-order valence-corrected chi connectivity index (χ1v) is 9.83. The molecule has 0 saturated carbocycles. The lowest BCUT2D eigenvalue weighted by Crippen LogP contribution is -2.31. The summed E-state index contributed by atoms with van der Waals surface area (Å²) in [7, 11) is 0. The van der Waals surface area contributed by atoms with Gasteiger partial charge in [0.1, 0.15) is 5.69 Å². The van der Waals surface area contributed by atoms with Crippen LogP contribution in [0.1, 0.15) is 23.0 Å². The molecule has 0 bridgehead atoms. The molecule has 122 valence electrons. The van der Waals surface area contributed by atoms with Gasteiger partial charge in [-0.1, -0.05) is 31.2 Å². The van der Waals surface area contributed by atoms with Crippen molar-refractivity contribution < 1.29 is 9.18 Å². The van der Waals surface area contributed by atoms with Crippen LogP contribution in [0.3, 0.4) is 0 Å². The third-order valence-corrected chi connectivity index (χ3v) is 5.19. The molecule has 2 rings (SSSR count). The van der Waals surface area contributed by atoms with Gasteiger partial charge in [0.15, 0.2) is 0 Å². The van der Waals surface area contributed by atoms with Crippen LogP contribution in [0.5, 0.6) is 0 Å². The Balaban J connectivity index is 2.42. The molecule has 23 heavy (non-hydrogen) atoms. The van der Waals surface area contributed by atoms with Crippen LogP contribution in [-0.4, -0.2) is 16.6 Å². The van der Waals surface area contributed by atoms with Gasteiger partial charge in [0.25, 0.3) is 5.91 Å². The first kappa shape index (κ1) is 18.9. The maximum absolute atomic E-state index is 13.9.